The maximum atomic E-state index is 12.8. The lowest BCUT2D eigenvalue weighted by molar-refractivity contribution is -0.119. The molecule has 1 amide bonds. The van der Waals surface area contributed by atoms with Crippen LogP contribution in [0, 0.1) is 5.92 Å². The number of carbonyl (C=O) groups excluding carboxylic acids is 1. The smallest absolute Gasteiger partial charge is 0.230 e. The Bertz CT molecular complexity index is 730. The summed E-state index contributed by atoms with van der Waals surface area (Å²) in [6.07, 6.45) is 10.2. The molecular formula is C18H26N6O. The maximum Gasteiger partial charge on any atom is 0.230 e. The van der Waals surface area contributed by atoms with E-state index in [1.807, 2.05) is 25.5 Å². The van der Waals surface area contributed by atoms with E-state index >= 15 is 0 Å². The summed E-state index contributed by atoms with van der Waals surface area (Å²) in [6.45, 7) is 1.49. The molecule has 2 aromatic rings. The zero-order valence-electron chi connectivity index (χ0n) is 14.7. The lowest BCUT2D eigenvalue weighted by Crippen LogP contribution is -2.28. The largest absolute Gasteiger partial charge is 0.315 e. The molecule has 2 aromatic heterocycles. The Balaban J connectivity index is 1.42. The zero-order chi connectivity index (χ0) is 17.2. The van der Waals surface area contributed by atoms with Crippen LogP contribution in [0.25, 0.3) is 0 Å². The number of hydrogen-bond acceptors (Lipinski definition) is 4. The molecular weight excluding hydrogens is 316 g/mol. The van der Waals surface area contributed by atoms with Gasteiger partial charge in [0.25, 0.3) is 0 Å². The molecule has 1 saturated carbocycles. The third-order valence-electron chi connectivity index (χ3n) is 5.60. The molecule has 0 aromatic carbocycles. The number of rotatable bonds is 4. The highest BCUT2D eigenvalue weighted by Crippen LogP contribution is 2.33. The highest BCUT2D eigenvalue weighted by atomic mass is 16.2. The van der Waals surface area contributed by atoms with Crippen LogP contribution in [0.2, 0.25) is 0 Å². The first kappa shape index (κ1) is 16.3. The normalized spacial score (nSPS) is 24.5. The molecule has 3 heterocycles. The van der Waals surface area contributed by atoms with Crippen LogP contribution in [0.15, 0.2) is 18.5 Å². The van der Waals surface area contributed by atoms with Crippen LogP contribution < -0.4 is 10.6 Å². The Kier molecular flexibility index (Phi) is 4.57. The molecule has 0 unspecified atom stereocenters. The molecule has 134 valence electrons. The van der Waals surface area contributed by atoms with E-state index in [1.54, 1.807) is 4.68 Å². The summed E-state index contributed by atoms with van der Waals surface area (Å²) in [4.78, 5) is 12.8. The lowest BCUT2D eigenvalue weighted by Gasteiger charge is -2.19. The fraction of sp³-hybridized carbons (Fsp3) is 0.611. The first-order valence-electron chi connectivity index (χ1n) is 9.26. The Morgan fingerprint density at radius 1 is 1.28 bits per heavy atom. The molecule has 7 heteroatoms. The minimum Gasteiger partial charge on any atom is -0.315 e. The van der Waals surface area contributed by atoms with E-state index in [-0.39, 0.29) is 17.7 Å². The molecule has 0 radical (unpaired) electrons. The second kappa shape index (κ2) is 7.00. The standard InChI is InChI=1S/C18H26N6O/c1-24-11-13(8-20-24)14-9-19-10-15(14)18(25)21-17-7-16(22-23-17)12-5-3-2-4-6-12/h7-8,11-12,14-15,19H,2-6,9-10H2,1H3,(H2,21,22,23,25)/t14-,15+/m1/s1. The Morgan fingerprint density at radius 2 is 2.12 bits per heavy atom. The van der Waals surface area contributed by atoms with Gasteiger partial charge in [0.05, 0.1) is 12.1 Å². The van der Waals surface area contributed by atoms with E-state index in [1.165, 1.54) is 32.1 Å². The number of aromatic amines is 1. The number of nitrogens with one attached hydrogen (secondary N) is 3. The number of anilines is 1. The molecule has 3 N–H and O–H groups in total. The van der Waals surface area contributed by atoms with Gasteiger partial charge in [-0.3, -0.25) is 14.6 Å². The van der Waals surface area contributed by atoms with E-state index in [4.69, 9.17) is 0 Å². The number of nitrogens with zero attached hydrogens (tertiary/aromatic N) is 3. The van der Waals surface area contributed by atoms with E-state index in [2.05, 4.69) is 25.9 Å². The first-order chi connectivity index (χ1) is 12.2. The Labute approximate surface area is 147 Å². The van der Waals surface area contributed by atoms with Gasteiger partial charge in [-0.2, -0.15) is 10.2 Å². The van der Waals surface area contributed by atoms with Crippen LogP contribution in [0.3, 0.4) is 0 Å². The van der Waals surface area contributed by atoms with E-state index in [9.17, 15) is 4.79 Å². The fourth-order valence-corrected chi connectivity index (χ4v) is 4.18. The van der Waals surface area contributed by atoms with Crippen molar-refractivity contribution in [3.8, 4) is 0 Å². The second-order valence-corrected chi connectivity index (χ2v) is 7.35. The average Bonchev–Trinajstić information content (AvgIpc) is 3.35. The van der Waals surface area contributed by atoms with Gasteiger partial charge in [-0.15, -0.1) is 0 Å². The van der Waals surface area contributed by atoms with Gasteiger partial charge < -0.3 is 10.6 Å². The Hall–Kier alpha value is -2.15. The predicted octanol–water partition coefficient (Wildman–Crippen LogP) is 2.13. The molecule has 1 saturated heterocycles. The van der Waals surface area contributed by atoms with Crippen LogP contribution in [0.5, 0.6) is 0 Å². The number of carbonyl (C=O) groups is 1. The van der Waals surface area contributed by atoms with Crippen molar-refractivity contribution in [3.05, 3.63) is 29.7 Å². The number of aromatic nitrogens is 4. The average molecular weight is 342 g/mol. The highest BCUT2D eigenvalue weighted by molar-refractivity contribution is 5.92. The van der Waals surface area contributed by atoms with Crippen molar-refractivity contribution in [1.29, 1.82) is 0 Å². The monoisotopic (exact) mass is 342 g/mol. The Morgan fingerprint density at radius 3 is 2.88 bits per heavy atom. The van der Waals surface area contributed by atoms with E-state index in [0.717, 1.165) is 17.8 Å². The number of H-pyrrole nitrogens is 1. The number of aryl methyl sites for hydroxylation is 1. The van der Waals surface area contributed by atoms with Crippen LogP contribution in [0.4, 0.5) is 5.82 Å². The second-order valence-electron chi connectivity index (χ2n) is 7.35. The van der Waals surface area contributed by atoms with Crippen molar-refractivity contribution in [2.24, 2.45) is 13.0 Å². The van der Waals surface area contributed by atoms with Gasteiger partial charge >= 0.3 is 0 Å². The molecule has 1 aliphatic carbocycles. The van der Waals surface area contributed by atoms with Crippen molar-refractivity contribution in [2.45, 2.75) is 43.9 Å². The quantitative estimate of drug-likeness (QED) is 0.794. The SMILES string of the molecule is Cn1cc([C@H]2CNC[C@@H]2C(=O)Nc2cc(C3CCCCC3)[nH]n2)cn1. The van der Waals surface area contributed by atoms with Gasteiger partial charge in [-0.1, -0.05) is 19.3 Å². The third-order valence-corrected chi connectivity index (χ3v) is 5.60. The van der Waals surface area contributed by atoms with Crippen LogP contribution in [-0.2, 0) is 11.8 Å². The molecule has 0 bridgehead atoms. The fourth-order valence-electron chi connectivity index (χ4n) is 4.18. The van der Waals surface area contributed by atoms with Crippen molar-refractivity contribution < 1.29 is 4.79 Å². The van der Waals surface area contributed by atoms with Crippen molar-refractivity contribution in [2.75, 3.05) is 18.4 Å². The van der Waals surface area contributed by atoms with E-state index in [0.29, 0.717) is 18.3 Å². The number of hydrogen-bond donors (Lipinski definition) is 3. The molecule has 2 atom stereocenters. The zero-order valence-corrected chi connectivity index (χ0v) is 14.7. The van der Waals surface area contributed by atoms with Crippen molar-refractivity contribution in [1.82, 2.24) is 25.3 Å². The van der Waals surface area contributed by atoms with Crippen LogP contribution >= 0.6 is 0 Å². The summed E-state index contributed by atoms with van der Waals surface area (Å²) in [5, 5.41) is 18.0. The molecule has 1 aliphatic heterocycles. The van der Waals surface area contributed by atoms with Crippen molar-refractivity contribution in [3.63, 3.8) is 0 Å². The molecule has 0 spiro atoms. The van der Waals surface area contributed by atoms with Gasteiger partial charge in [-0.05, 0) is 18.4 Å². The van der Waals surface area contributed by atoms with Gasteiger partial charge in [0.2, 0.25) is 5.91 Å². The van der Waals surface area contributed by atoms with Gasteiger partial charge in [0, 0.05) is 49.9 Å². The summed E-state index contributed by atoms with van der Waals surface area (Å²) in [5.74, 6) is 1.29. The molecule has 7 nitrogen and oxygen atoms in total. The van der Waals surface area contributed by atoms with Crippen LogP contribution in [-0.4, -0.2) is 39.0 Å². The van der Waals surface area contributed by atoms with Gasteiger partial charge in [0.15, 0.2) is 5.82 Å². The minimum absolute atomic E-state index is 0.0283. The summed E-state index contributed by atoms with van der Waals surface area (Å²) < 4.78 is 1.78. The molecule has 2 fully saturated rings. The first-order valence-corrected chi connectivity index (χ1v) is 9.26. The van der Waals surface area contributed by atoms with Gasteiger partial charge in [-0.25, -0.2) is 0 Å². The lowest BCUT2D eigenvalue weighted by atomic mass is 9.87. The highest BCUT2D eigenvalue weighted by Gasteiger charge is 2.35. The minimum atomic E-state index is -0.0981. The summed E-state index contributed by atoms with van der Waals surface area (Å²) in [7, 11) is 1.90. The summed E-state index contributed by atoms with van der Waals surface area (Å²) in [6, 6.07) is 2.01. The van der Waals surface area contributed by atoms with Crippen LogP contribution in [0.1, 0.15) is 55.2 Å². The topological polar surface area (TPSA) is 87.6 Å². The summed E-state index contributed by atoms with van der Waals surface area (Å²) in [5.41, 5.74) is 2.26. The number of amides is 1. The summed E-state index contributed by atoms with van der Waals surface area (Å²) >= 11 is 0. The molecule has 4 rings (SSSR count). The predicted molar refractivity (Wildman–Crippen MR) is 95.4 cm³/mol. The third kappa shape index (κ3) is 3.46. The van der Waals surface area contributed by atoms with Gasteiger partial charge in [0.1, 0.15) is 0 Å². The maximum absolute atomic E-state index is 12.8. The molecule has 25 heavy (non-hydrogen) atoms. The van der Waals surface area contributed by atoms with E-state index < -0.39 is 0 Å². The van der Waals surface area contributed by atoms with Crippen molar-refractivity contribution >= 4 is 11.7 Å². The molecule has 2 aliphatic rings.